The molecule has 9 heteroatoms. The lowest BCUT2D eigenvalue weighted by molar-refractivity contribution is -0.686. The van der Waals surface area contributed by atoms with Crippen LogP contribution in [0.4, 0.5) is 0 Å². The van der Waals surface area contributed by atoms with Gasteiger partial charge in [0, 0.05) is 31.6 Å². The Kier molecular flexibility index (Phi) is 7.50. The predicted molar refractivity (Wildman–Crippen MR) is 135 cm³/mol. The average molecular weight is 567 g/mol. The van der Waals surface area contributed by atoms with E-state index in [0.717, 1.165) is 84.7 Å². The van der Waals surface area contributed by atoms with Crippen LogP contribution in [0.1, 0.15) is 37.4 Å². The minimum absolute atomic E-state index is 0. The highest BCUT2D eigenvalue weighted by molar-refractivity contribution is 5.91. The molecule has 0 fully saturated rings. The summed E-state index contributed by atoms with van der Waals surface area (Å²) in [6.45, 7) is 4.69. The number of aromatic nitrogens is 4. The summed E-state index contributed by atoms with van der Waals surface area (Å²) >= 11 is 0. The first kappa shape index (κ1) is 25.3. The molecular formula is C28H31BrN4O4. The Hall–Kier alpha value is -3.33. The van der Waals surface area contributed by atoms with Crippen LogP contribution < -0.4 is 40.5 Å². The van der Waals surface area contributed by atoms with Crippen molar-refractivity contribution in [3.8, 4) is 34.3 Å². The molecule has 0 saturated carbocycles. The number of aryl methyl sites for hydroxylation is 4. The van der Waals surface area contributed by atoms with Crippen molar-refractivity contribution in [3.05, 3.63) is 54.0 Å². The van der Waals surface area contributed by atoms with Crippen LogP contribution in [-0.2, 0) is 25.9 Å². The van der Waals surface area contributed by atoms with Gasteiger partial charge in [0.1, 0.15) is 0 Å². The Morgan fingerprint density at radius 1 is 1.11 bits per heavy atom. The van der Waals surface area contributed by atoms with Crippen molar-refractivity contribution >= 4 is 10.8 Å². The van der Waals surface area contributed by atoms with Crippen LogP contribution in [0.3, 0.4) is 0 Å². The molecule has 4 aromatic rings. The molecule has 0 spiro atoms. The molecule has 4 heterocycles. The molecule has 0 aliphatic carbocycles. The van der Waals surface area contributed by atoms with Crippen molar-refractivity contribution in [3.63, 3.8) is 0 Å². The van der Waals surface area contributed by atoms with Gasteiger partial charge in [0.25, 0.3) is 0 Å². The highest BCUT2D eigenvalue weighted by atomic mass is 79.9. The maximum absolute atomic E-state index is 6.32. The minimum atomic E-state index is 0. The second-order valence-electron chi connectivity index (χ2n) is 9.34. The molecule has 0 bridgehead atoms. The Bertz CT molecular complexity index is 1420. The van der Waals surface area contributed by atoms with Crippen molar-refractivity contribution in [2.24, 2.45) is 0 Å². The first-order valence-corrected chi connectivity index (χ1v) is 12.7. The van der Waals surface area contributed by atoms with Crippen molar-refractivity contribution in [1.29, 1.82) is 0 Å². The number of pyridine rings is 1. The molecule has 0 saturated heterocycles. The third kappa shape index (κ3) is 4.97. The van der Waals surface area contributed by atoms with E-state index in [-0.39, 0.29) is 23.8 Å². The summed E-state index contributed by atoms with van der Waals surface area (Å²) in [6.07, 6.45) is 9.28. The van der Waals surface area contributed by atoms with E-state index in [2.05, 4.69) is 52.3 Å². The van der Waals surface area contributed by atoms with E-state index in [1.54, 1.807) is 7.11 Å². The number of rotatable bonds is 9. The van der Waals surface area contributed by atoms with E-state index >= 15 is 0 Å². The van der Waals surface area contributed by atoms with Gasteiger partial charge >= 0.3 is 0 Å². The maximum Gasteiger partial charge on any atom is 0.231 e. The molecule has 2 aliphatic heterocycles. The standard InChI is InChI=1S/C28H31N4O4.BrH/c1-3-4-6-21-16-32(30-29-21)10-5-12-34-28-23-17-31-11-9-20-14-26-27(36-18-35-26)15-22(20)24(31)13-19(23)7-8-25(28)33-2;/h7-8,13-17H,3-6,9-12,18H2,1-2H3;1H/q+1;/p-1. The van der Waals surface area contributed by atoms with Crippen LogP contribution in [0.25, 0.3) is 22.0 Å². The summed E-state index contributed by atoms with van der Waals surface area (Å²) in [7, 11) is 1.69. The molecule has 6 rings (SSSR count). The average Bonchev–Trinajstić information content (AvgIpc) is 3.56. The van der Waals surface area contributed by atoms with Gasteiger partial charge in [0.05, 0.1) is 30.4 Å². The second-order valence-corrected chi connectivity index (χ2v) is 9.34. The third-order valence-corrected chi connectivity index (χ3v) is 6.95. The van der Waals surface area contributed by atoms with E-state index in [9.17, 15) is 0 Å². The number of fused-ring (bicyclic) bond motifs is 5. The van der Waals surface area contributed by atoms with Gasteiger partial charge in [-0.1, -0.05) is 18.6 Å². The predicted octanol–water partition coefficient (Wildman–Crippen LogP) is 1.49. The Morgan fingerprint density at radius 2 is 1.97 bits per heavy atom. The zero-order valence-electron chi connectivity index (χ0n) is 21.2. The molecule has 194 valence electrons. The van der Waals surface area contributed by atoms with Gasteiger partial charge < -0.3 is 35.9 Å². The first-order chi connectivity index (χ1) is 17.7. The van der Waals surface area contributed by atoms with Gasteiger partial charge in [-0.3, -0.25) is 4.68 Å². The Morgan fingerprint density at radius 3 is 2.81 bits per heavy atom. The van der Waals surface area contributed by atoms with Crippen molar-refractivity contribution in [2.45, 2.75) is 52.1 Å². The van der Waals surface area contributed by atoms with Crippen molar-refractivity contribution in [1.82, 2.24) is 15.0 Å². The summed E-state index contributed by atoms with van der Waals surface area (Å²) in [5.41, 5.74) is 4.70. The first-order valence-electron chi connectivity index (χ1n) is 12.7. The van der Waals surface area contributed by atoms with Crippen LogP contribution in [0, 0.1) is 0 Å². The molecule has 0 radical (unpaired) electrons. The van der Waals surface area contributed by atoms with Crippen LogP contribution >= 0.6 is 0 Å². The molecule has 2 aliphatic rings. The van der Waals surface area contributed by atoms with Crippen LogP contribution in [0.2, 0.25) is 0 Å². The summed E-state index contributed by atoms with van der Waals surface area (Å²) in [5.74, 6) is 3.17. The fourth-order valence-corrected chi connectivity index (χ4v) is 5.03. The minimum Gasteiger partial charge on any atom is -1.00 e. The van der Waals surface area contributed by atoms with Gasteiger partial charge in [-0.15, -0.1) is 5.10 Å². The second kappa shape index (κ2) is 11.0. The van der Waals surface area contributed by atoms with Gasteiger partial charge in [-0.2, -0.15) is 4.57 Å². The van der Waals surface area contributed by atoms with Crippen molar-refractivity contribution < 1.29 is 40.5 Å². The van der Waals surface area contributed by atoms with E-state index in [4.69, 9.17) is 18.9 Å². The molecule has 2 aromatic carbocycles. The van der Waals surface area contributed by atoms with Gasteiger partial charge in [0.15, 0.2) is 35.7 Å². The number of hydrogen-bond acceptors (Lipinski definition) is 6. The zero-order valence-corrected chi connectivity index (χ0v) is 22.8. The van der Waals surface area contributed by atoms with Crippen LogP contribution in [-0.4, -0.2) is 35.5 Å². The SMILES string of the molecule is CCCCc1cn(CCCOc2c(OC)ccc3cc4[n+](cc23)CCc2cc3c(cc2-4)OCO3)nn1.[Br-]. The fraction of sp³-hybridized carbons (Fsp3) is 0.393. The van der Waals surface area contributed by atoms with Crippen LogP contribution in [0.15, 0.2) is 42.7 Å². The molecule has 8 nitrogen and oxygen atoms in total. The van der Waals surface area contributed by atoms with Gasteiger partial charge in [-0.25, -0.2) is 0 Å². The normalized spacial score (nSPS) is 13.1. The number of halogens is 1. The molecule has 37 heavy (non-hydrogen) atoms. The van der Waals surface area contributed by atoms with Crippen LogP contribution in [0.5, 0.6) is 23.0 Å². The summed E-state index contributed by atoms with van der Waals surface area (Å²) in [6, 6.07) is 10.5. The lowest BCUT2D eigenvalue weighted by Crippen LogP contribution is -3.00. The van der Waals surface area contributed by atoms with E-state index in [1.165, 1.54) is 16.8 Å². The number of methoxy groups -OCH3 is 1. The molecule has 0 atom stereocenters. The number of ether oxygens (including phenoxy) is 4. The van der Waals surface area contributed by atoms with Gasteiger partial charge in [0.2, 0.25) is 12.5 Å². The zero-order chi connectivity index (χ0) is 24.5. The Balaban J connectivity index is 0.00000280. The maximum atomic E-state index is 6.32. The third-order valence-electron chi connectivity index (χ3n) is 6.95. The topological polar surface area (TPSA) is 71.5 Å². The number of unbranched alkanes of at least 4 members (excludes halogenated alkanes) is 1. The summed E-state index contributed by atoms with van der Waals surface area (Å²) in [5, 5.41) is 10.7. The fourth-order valence-electron chi connectivity index (χ4n) is 5.03. The lowest BCUT2D eigenvalue weighted by atomic mass is 9.95. The molecular weight excluding hydrogens is 536 g/mol. The van der Waals surface area contributed by atoms with Crippen molar-refractivity contribution in [2.75, 3.05) is 20.5 Å². The smallest absolute Gasteiger partial charge is 0.231 e. The molecule has 0 amide bonds. The summed E-state index contributed by atoms with van der Waals surface area (Å²) < 4.78 is 27.4. The highest BCUT2D eigenvalue weighted by Crippen LogP contribution is 2.41. The van der Waals surface area contributed by atoms with E-state index < -0.39 is 0 Å². The van der Waals surface area contributed by atoms with E-state index in [0.29, 0.717) is 6.61 Å². The van der Waals surface area contributed by atoms with Gasteiger partial charge in [-0.05, 0) is 48.1 Å². The largest absolute Gasteiger partial charge is 1.00 e. The highest BCUT2D eigenvalue weighted by Gasteiger charge is 2.28. The summed E-state index contributed by atoms with van der Waals surface area (Å²) in [4.78, 5) is 0. The quantitative estimate of drug-likeness (QED) is 0.226. The monoisotopic (exact) mass is 566 g/mol. The number of nitrogens with zero attached hydrogens (tertiary/aromatic N) is 4. The number of hydrogen-bond donors (Lipinski definition) is 0. The number of benzene rings is 2. The molecule has 0 unspecified atom stereocenters. The Labute approximate surface area is 226 Å². The molecule has 2 aromatic heterocycles. The van der Waals surface area contributed by atoms with E-state index in [1.807, 2.05) is 16.9 Å². The lowest BCUT2D eigenvalue weighted by Gasteiger charge is -2.18. The molecule has 0 N–H and O–H groups in total.